The molecule has 4 aromatic rings. The van der Waals surface area contributed by atoms with Gasteiger partial charge in [0.05, 0.1) is 18.4 Å². The highest BCUT2D eigenvalue weighted by atomic mass is 79.9. The van der Waals surface area contributed by atoms with E-state index in [9.17, 15) is 22.4 Å². The summed E-state index contributed by atoms with van der Waals surface area (Å²) in [6, 6.07) is 14.5. The number of methoxy groups -OCH3 is 1. The van der Waals surface area contributed by atoms with Gasteiger partial charge in [0, 0.05) is 18.0 Å². The number of pyridine rings is 2. The smallest absolute Gasteiger partial charge is 0.488 e. The first-order chi connectivity index (χ1) is 29.8. The van der Waals surface area contributed by atoms with Crippen LogP contribution in [0.1, 0.15) is 10.4 Å². The van der Waals surface area contributed by atoms with Crippen molar-refractivity contribution in [2.45, 2.75) is 0 Å². The average Bonchev–Trinajstić information content (AvgIpc) is 3.19. The number of hydrogen-bond donors (Lipinski definition) is 2. The Morgan fingerprint density at radius 1 is 0.578 bits per heavy atom. The van der Waals surface area contributed by atoms with E-state index in [-0.39, 0.29) is 103 Å². The highest BCUT2D eigenvalue weighted by Crippen LogP contribution is 3.37. The number of nitrogens with zero attached hydrogens (tertiary/aromatic N) is 2. The van der Waals surface area contributed by atoms with Crippen molar-refractivity contribution < 1.29 is 37.1 Å². The molecule has 2 heterocycles. The lowest BCUT2D eigenvalue weighted by molar-refractivity contribution is 0.111. The summed E-state index contributed by atoms with van der Waals surface area (Å²) < 4.78 is 57.6. The largest absolute Gasteiger partial charge is 0.491 e. The molecule has 2 aromatic carbocycles. The first-order valence-corrected chi connectivity index (χ1v) is 67.2. The third-order valence-corrected chi connectivity index (χ3v) is 191. The Hall–Kier alpha value is 8.43. The molecular weight excluding hydrogens is 1410 g/mol. The number of benzene rings is 2. The first kappa shape index (κ1) is 70.4. The summed E-state index contributed by atoms with van der Waals surface area (Å²) in [5, 5.41) is 17.2. The fourth-order valence-electron chi connectivity index (χ4n) is 4.10. The van der Waals surface area contributed by atoms with Gasteiger partial charge in [0.1, 0.15) is 16.2 Å². The molecule has 0 fully saturated rings. The number of aldehydes is 1. The molecule has 17 atom stereocenters. The Bertz CT molecular complexity index is 1900. The minimum atomic E-state index is -1.89. The molecule has 0 saturated carbocycles. The van der Waals surface area contributed by atoms with Crippen molar-refractivity contribution in [2.75, 3.05) is 7.11 Å². The zero-order valence-electron chi connectivity index (χ0n) is 33.1. The summed E-state index contributed by atoms with van der Waals surface area (Å²) in [4.78, 5) is 18.3. The Morgan fingerprint density at radius 3 is 1.27 bits per heavy atom. The molecule has 356 valence electrons. The average molecular weight is 1460 g/mol. The van der Waals surface area contributed by atoms with Crippen LogP contribution >= 0.6 is 241 Å². The van der Waals surface area contributed by atoms with Gasteiger partial charge in [-0.2, -0.15) is 0 Å². The molecule has 6 nitrogen and oxygen atoms in total. The maximum atomic E-state index is 13.3. The van der Waals surface area contributed by atoms with Crippen LogP contribution in [0.3, 0.4) is 0 Å². The van der Waals surface area contributed by atoms with Gasteiger partial charge in [-0.25, -0.2) is 22.5 Å². The molecular formula is C24H48BBrF4N2O4P28. The molecule has 0 bridgehead atoms. The summed E-state index contributed by atoms with van der Waals surface area (Å²) in [7, 11) is 48.2. The molecule has 0 aliphatic rings. The maximum absolute atomic E-state index is 13.3. The van der Waals surface area contributed by atoms with Gasteiger partial charge >= 0.3 is 7.12 Å². The van der Waals surface area contributed by atoms with Crippen LogP contribution in [0.5, 0.6) is 5.75 Å². The molecule has 0 radical (unpaired) electrons. The molecule has 17 unspecified atom stereocenters. The third-order valence-electron chi connectivity index (χ3n) is 6.61. The molecule has 0 aliphatic heterocycles. The molecule has 0 amide bonds. The Balaban J connectivity index is 0.000000474. The van der Waals surface area contributed by atoms with Gasteiger partial charge in [-0.05, 0) is 161 Å². The molecule has 0 spiro atoms. The van der Waals surface area contributed by atoms with Gasteiger partial charge in [0.25, 0.3) is 0 Å². The zero-order chi connectivity index (χ0) is 49.2. The lowest BCUT2D eigenvalue weighted by atomic mass is 9.80. The van der Waals surface area contributed by atoms with E-state index in [1.165, 1.54) is 6.20 Å². The number of halogens is 5. The van der Waals surface area contributed by atoms with E-state index >= 15 is 0 Å². The molecule has 2 N–H and O–H groups in total. The summed E-state index contributed by atoms with van der Waals surface area (Å²) in [5.74, 6) is -4.23. The second-order valence-corrected chi connectivity index (χ2v) is 124. The minimum Gasteiger partial charge on any atom is -0.491 e. The van der Waals surface area contributed by atoms with Crippen molar-refractivity contribution >= 4 is 260 Å². The van der Waals surface area contributed by atoms with Crippen LogP contribution in [0.2, 0.25) is 0 Å². The van der Waals surface area contributed by atoms with E-state index in [0.29, 0.717) is 11.3 Å². The summed E-state index contributed by atoms with van der Waals surface area (Å²) in [5.41, 5.74) is -0.0468. The van der Waals surface area contributed by atoms with Gasteiger partial charge < -0.3 is 14.8 Å². The van der Waals surface area contributed by atoms with Crippen LogP contribution in [0, 0.1) is 23.3 Å². The van der Waals surface area contributed by atoms with Crippen molar-refractivity contribution in [3.63, 3.8) is 0 Å². The molecule has 40 heteroatoms. The van der Waals surface area contributed by atoms with Crippen LogP contribution < -0.4 is 10.2 Å². The van der Waals surface area contributed by atoms with E-state index in [1.54, 1.807) is 24.4 Å². The molecule has 64 heavy (non-hydrogen) atoms. The van der Waals surface area contributed by atoms with Gasteiger partial charge in [0.15, 0.2) is 23.7 Å². The monoisotopic (exact) mass is 1460 g/mol. The van der Waals surface area contributed by atoms with Crippen molar-refractivity contribution in [1.82, 2.24) is 9.97 Å². The van der Waals surface area contributed by atoms with E-state index in [4.69, 9.17) is 10.0 Å². The van der Waals surface area contributed by atoms with Crippen LogP contribution in [0.4, 0.5) is 17.6 Å². The molecule has 0 saturated heterocycles. The van der Waals surface area contributed by atoms with E-state index in [2.05, 4.69) is 165 Å². The van der Waals surface area contributed by atoms with Gasteiger partial charge in [0.2, 0.25) is 0 Å². The van der Waals surface area contributed by atoms with Crippen LogP contribution in [-0.4, -0.2) is 40.5 Å². The number of rotatable bonds is 16. The standard InChI is InChI=1S/C12H7F2NO.C7H7BF2O3.C5H4BrN.H30P28/c13-10-5-8(6-11(14)9(10)7-16)12-3-1-2-4-15-12;1-13-7-5(9)2-4(8(11)12)3-6(7)10;6-5-3-1-2-4-7-5;1-16(2)23(15)27(24(17(3)4)18(5)6)28(25(19(7)8)20(9)10)26(21(11)12)22(13)14/h1-7H;2-3,11-12H,1H3;1-4H;1-15H2. The van der Waals surface area contributed by atoms with Crippen LogP contribution in [-0.2, 0) is 0 Å². The van der Waals surface area contributed by atoms with Crippen molar-refractivity contribution in [1.29, 1.82) is 0 Å². The molecule has 0 aliphatic carbocycles. The topological polar surface area (TPSA) is 92.5 Å². The Labute approximate surface area is 433 Å². The predicted octanol–water partition coefficient (Wildman–Crippen LogP) is 20.4. The van der Waals surface area contributed by atoms with Crippen molar-refractivity contribution in [3.8, 4) is 17.0 Å². The van der Waals surface area contributed by atoms with Gasteiger partial charge in [-0.1, -0.05) is 12.1 Å². The highest BCUT2D eigenvalue weighted by molar-refractivity contribution is 9.42. The summed E-state index contributed by atoms with van der Waals surface area (Å²) >= 11 is 3.20. The quantitative estimate of drug-likeness (QED) is 0.0382. The Kier molecular flexibility index (Phi) is 41.9. The fraction of sp³-hybridized carbons (Fsp3) is 0.0417. The molecule has 2 aromatic heterocycles. The fourth-order valence-corrected chi connectivity index (χ4v) is 356. The van der Waals surface area contributed by atoms with E-state index in [0.717, 1.165) is 36.0 Å². The molecule has 4 rings (SSSR count). The van der Waals surface area contributed by atoms with Gasteiger partial charge in [-0.3, -0.25) is 9.78 Å². The lowest BCUT2D eigenvalue weighted by Crippen LogP contribution is -2.30. The normalized spacial score (nSPS) is 12.5. The number of carbonyl (C=O) groups is 1. The highest BCUT2D eigenvalue weighted by Gasteiger charge is 2.49. The zero-order valence-corrected chi connectivity index (χ0v) is 63.6. The number of ether oxygens (including phenoxy) is 1. The van der Waals surface area contributed by atoms with Crippen molar-refractivity contribution in [3.05, 3.63) is 106 Å². The number of carbonyl (C=O) groups excluding carboxylic acids is 1. The lowest BCUT2D eigenvalue weighted by Gasteiger charge is -2.51. The van der Waals surface area contributed by atoms with Crippen molar-refractivity contribution in [2.24, 2.45) is 0 Å². The second kappa shape index (κ2) is 38.1. The Morgan fingerprint density at radius 2 is 0.984 bits per heavy atom. The number of hydrogen-bond acceptors (Lipinski definition) is 6. The SMILES string of the molecule is Brc1ccccn1.COc1c(F)cc(B(O)O)cc1F.O=Cc1c(F)cc(-c2ccccn2)cc1F.PP(P)P(P)P(P(P(P)P)P(P)P)P(P(P(P)P)P(P)P)P(P(P)P)P(P)P. The summed E-state index contributed by atoms with van der Waals surface area (Å²) in [6.07, 6.45) is 3.43. The minimum absolute atomic E-state index is 0.00189. The van der Waals surface area contributed by atoms with Crippen LogP contribution in [0.15, 0.2) is 77.7 Å². The number of aromatic nitrogens is 2. The second-order valence-electron chi connectivity index (χ2n) is 11.1. The van der Waals surface area contributed by atoms with E-state index < -0.39 is 41.7 Å². The van der Waals surface area contributed by atoms with Gasteiger partial charge in [-0.15, -0.1) is 134 Å². The third kappa shape index (κ3) is 25.0. The summed E-state index contributed by atoms with van der Waals surface area (Å²) in [6.45, 7) is -0.00591. The van der Waals surface area contributed by atoms with E-state index in [1.807, 2.05) is 18.2 Å². The van der Waals surface area contributed by atoms with Crippen LogP contribution in [0.25, 0.3) is 11.3 Å². The predicted molar refractivity (Wildman–Crippen MR) is 365 cm³/mol. The maximum Gasteiger partial charge on any atom is 0.488 e. The first-order valence-electron chi connectivity index (χ1n) is 16.3.